The first-order valence-corrected chi connectivity index (χ1v) is 9.82. The zero-order valence-corrected chi connectivity index (χ0v) is 16.4. The molecule has 0 bridgehead atoms. The van der Waals surface area contributed by atoms with Gasteiger partial charge in [0.15, 0.2) is 17.3 Å². The molecule has 0 spiro atoms. The average Bonchev–Trinajstić information content (AvgIpc) is 3.28. The maximum absolute atomic E-state index is 14.1. The molecule has 1 fully saturated rings. The third-order valence-corrected chi connectivity index (χ3v) is 5.97. The summed E-state index contributed by atoms with van der Waals surface area (Å²) < 4.78 is 87.2. The molecule has 2 N–H and O–H groups in total. The standard InChI is InChI=1S/C20H17F6N5O/c21-12-5-14(23)13(22)4-10(12)18-15(27)3-9(8-32-18)30-6-11-16(7-30)29-31-17(20(24,25)26)1-2-28-19(11)31/h1-2,4-5,9,15,18H,3,6-8,27H2/t9-,15+,18-/m1/s1. The molecular formula is C20H17F6N5O. The smallest absolute Gasteiger partial charge is 0.370 e. The Morgan fingerprint density at radius 1 is 1.06 bits per heavy atom. The van der Waals surface area contributed by atoms with Gasteiger partial charge in [0.05, 0.1) is 12.3 Å². The molecule has 4 heterocycles. The predicted molar refractivity (Wildman–Crippen MR) is 98.6 cm³/mol. The molecule has 12 heteroatoms. The van der Waals surface area contributed by atoms with Gasteiger partial charge in [0.2, 0.25) is 0 Å². The zero-order chi connectivity index (χ0) is 22.8. The first kappa shape index (κ1) is 21.2. The number of halogens is 6. The molecule has 170 valence electrons. The number of hydrogen-bond acceptors (Lipinski definition) is 5. The van der Waals surface area contributed by atoms with E-state index in [0.29, 0.717) is 30.3 Å². The van der Waals surface area contributed by atoms with Crippen molar-refractivity contribution in [1.82, 2.24) is 19.5 Å². The second kappa shape index (κ2) is 7.42. The summed E-state index contributed by atoms with van der Waals surface area (Å²) in [6.07, 6.45) is -4.04. The van der Waals surface area contributed by atoms with E-state index in [9.17, 15) is 26.3 Å². The van der Waals surface area contributed by atoms with E-state index in [-0.39, 0.29) is 30.4 Å². The minimum atomic E-state index is -4.56. The number of hydrogen-bond donors (Lipinski definition) is 1. The summed E-state index contributed by atoms with van der Waals surface area (Å²) in [5, 5.41) is 4.11. The summed E-state index contributed by atoms with van der Waals surface area (Å²) in [4.78, 5) is 6.02. The third kappa shape index (κ3) is 3.42. The molecule has 0 saturated carbocycles. The predicted octanol–water partition coefficient (Wildman–Crippen LogP) is 3.34. The molecule has 0 amide bonds. The van der Waals surface area contributed by atoms with Crippen LogP contribution in [0.3, 0.4) is 0 Å². The lowest BCUT2D eigenvalue weighted by Gasteiger charge is -2.38. The lowest BCUT2D eigenvalue weighted by Crippen LogP contribution is -2.47. The molecule has 6 nitrogen and oxygen atoms in total. The molecule has 3 aromatic rings. The van der Waals surface area contributed by atoms with Crippen molar-refractivity contribution in [3.63, 3.8) is 0 Å². The largest absolute Gasteiger partial charge is 0.433 e. The fraction of sp³-hybridized carbons (Fsp3) is 0.400. The topological polar surface area (TPSA) is 68.7 Å². The first-order chi connectivity index (χ1) is 15.1. The van der Waals surface area contributed by atoms with Crippen molar-refractivity contribution in [2.45, 2.75) is 43.9 Å². The van der Waals surface area contributed by atoms with Gasteiger partial charge in [0.25, 0.3) is 0 Å². The molecule has 0 aliphatic carbocycles. The van der Waals surface area contributed by atoms with Crippen molar-refractivity contribution in [3.8, 4) is 0 Å². The Bertz CT molecular complexity index is 1200. The monoisotopic (exact) mass is 457 g/mol. The molecule has 3 atom stereocenters. The van der Waals surface area contributed by atoms with Crippen LogP contribution in [0.2, 0.25) is 0 Å². The Morgan fingerprint density at radius 2 is 1.81 bits per heavy atom. The van der Waals surface area contributed by atoms with Crippen LogP contribution >= 0.6 is 0 Å². The van der Waals surface area contributed by atoms with Crippen molar-refractivity contribution < 1.29 is 31.1 Å². The van der Waals surface area contributed by atoms with Gasteiger partial charge in [-0.05, 0) is 18.6 Å². The molecule has 1 saturated heterocycles. The molecule has 1 aromatic carbocycles. The lowest BCUT2D eigenvalue weighted by molar-refractivity contribution is -0.142. The Labute approximate surface area is 177 Å². The number of aromatic nitrogens is 3. The summed E-state index contributed by atoms with van der Waals surface area (Å²) in [6.45, 7) is 0.715. The van der Waals surface area contributed by atoms with Crippen molar-refractivity contribution in [1.29, 1.82) is 0 Å². The number of ether oxygens (including phenoxy) is 1. The maximum Gasteiger partial charge on any atom is 0.433 e. The van der Waals surface area contributed by atoms with E-state index in [1.54, 1.807) is 0 Å². The van der Waals surface area contributed by atoms with Crippen LogP contribution in [0, 0.1) is 17.5 Å². The van der Waals surface area contributed by atoms with Gasteiger partial charge in [0.1, 0.15) is 17.6 Å². The van der Waals surface area contributed by atoms with Crippen molar-refractivity contribution in [3.05, 3.63) is 64.4 Å². The van der Waals surface area contributed by atoms with Crippen LogP contribution in [-0.2, 0) is 24.0 Å². The van der Waals surface area contributed by atoms with Crippen LogP contribution in [0.1, 0.15) is 35.0 Å². The third-order valence-electron chi connectivity index (χ3n) is 5.97. The quantitative estimate of drug-likeness (QED) is 0.472. The summed E-state index contributed by atoms with van der Waals surface area (Å²) in [5.74, 6) is -3.43. The van der Waals surface area contributed by atoms with Crippen molar-refractivity contribution >= 4 is 5.65 Å². The molecular weight excluding hydrogens is 440 g/mol. The van der Waals surface area contributed by atoms with E-state index >= 15 is 0 Å². The lowest BCUT2D eigenvalue weighted by atomic mass is 9.93. The van der Waals surface area contributed by atoms with E-state index in [1.807, 2.05) is 4.90 Å². The first-order valence-electron chi connectivity index (χ1n) is 9.82. The van der Waals surface area contributed by atoms with E-state index in [4.69, 9.17) is 10.5 Å². The summed E-state index contributed by atoms with van der Waals surface area (Å²) in [5.41, 5.74) is 6.34. The Kier molecular flexibility index (Phi) is 4.91. The highest BCUT2D eigenvalue weighted by Crippen LogP contribution is 2.36. The van der Waals surface area contributed by atoms with Gasteiger partial charge in [-0.1, -0.05) is 0 Å². The highest BCUT2D eigenvalue weighted by Gasteiger charge is 2.40. The molecule has 2 aliphatic rings. The van der Waals surface area contributed by atoms with E-state index in [1.165, 1.54) is 0 Å². The summed E-state index contributed by atoms with van der Waals surface area (Å²) in [7, 11) is 0. The number of nitrogens with zero attached hydrogens (tertiary/aromatic N) is 4. The molecule has 5 rings (SSSR count). The molecule has 2 aromatic heterocycles. The normalized spacial score (nSPS) is 24.3. The van der Waals surface area contributed by atoms with E-state index in [0.717, 1.165) is 22.8 Å². The minimum absolute atomic E-state index is 0.132. The van der Waals surface area contributed by atoms with Gasteiger partial charge >= 0.3 is 6.18 Å². The van der Waals surface area contributed by atoms with Gasteiger partial charge in [-0.3, -0.25) is 4.90 Å². The van der Waals surface area contributed by atoms with Gasteiger partial charge in [-0.15, -0.1) is 0 Å². The van der Waals surface area contributed by atoms with Gasteiger partial charge in [-0.2, -0.15) is 18.3 Å². The average molecular weight is 457 g/mol. The maximum atomic E-state index is 14.1. The van der Waals surface area contributed by atoms with Crippen molar-refractivity contribution in [2.75, 3.05) is 6.61 Å². The SMILES string of the molecule is N[C@H]1C[C@@H](N2Cc3nn4c(C(F)(F)F)ccnc4c3C2)CO[C@@H]1c1cc(F)c(F)cc1F. The Morgan fingerprint density at radius 3 is 2.53 bits per heavy atom. The number of alkyl halides is 3. The second-order valence-electron chi connectivity index (χ2n) is 7.99. The van der Waals surface area contributed by atoms with Crippen LogP contribution in [0.15, 0.2) is 24.4 Å². The minimum Gasteiger partial charge on any atom is -0.370 e. The Balaban J connectivity index is 1.34. The molecule has 2 aliphatic heterocycles. The van der Waals surface area contributed by atoms with Crippen LogP contribution in [0.4, 0.5) is 26.3 Å². The van der Waals surface area contributed by atoms with E-state index < -0.39 is 41.5 Å². The molecule has 32 heavy (non-hydrogen) atoms. The van der Waals surface area contributed by atoms with Gasteiger partial charge in [0, 0.05) is 48.6 Å². The molecule has 0 radical (unpaired) electrons. The fourth-order valence-electron chi connectivity index (χ4n) is 4.42. The van der Waals surface area contributed by atoms with Crippen molar-refractivity contribution in [2.24, 2.45) is 5.73 Å². The fourth-order valence-corrected chi connectivity index (χ4v) is 4.42. The highest BCUT2D eigenvalue weighted by atomic mass is 19.4. The van der Waals surface area contributed by atoms with Crippen LogP contribution in [0.5, 0.6) is 0 Å². The second-order valence-corrected chi connectivity index (χ2v) is 7.99. The zero-order valence-electron chi connectivity index (χ0n) is 16.4. The van der Waals surface area contributed by atoms with Crippen LogP contribution in [-0.4, -0.2) is 38.2 Å². The number of rotatable bonds is 2. The number of benzene rings is 1. The van der Waals surface area contributed by atoms with Crippen LogP contribution in [0.25, 0.3) is 5.65 Å². The summed E-state index contributed by atoms with van der Waals surface area (Å²) >= 11 is 0. The Hall–Kier alpha value is -2.70. The van der Waals surface area contributed by atoms with Gasteiger partial charge in [-0.25, -0.2) is 22.7 Å². The number of fused-ring (bicyclic) bond motifs is 3. The summed E-state index contributed by atoms with van der Waals surface area (Å²) in [6, 6.07) is 1.17. The van der Waals surface area contributed by atoms with E-state index in [2.05, 4.69) is 10.1 Å². The van der Waals surface area contributed by atoms with Crippen LogP contribution < -0.4 is 5.73 Å². The molecule has 0 unspecified atom stereocenters. The number of nitrogens with two attached hydrogens (primary N) is 1. The van der Waals surface area contributed by atoms with Gasteiger partial charge < -0.3 is 10.5 Å². The highest BCUT2D eigenvalue weighted by molar-refractivity contribution is 5.52.